The lowest BCUT2D eigenvalue weighted by Crippen LogP contribution is -2.42. The minimum Gasteiger partial charge on any atom is -0.315 e. The van der Waals surface area contributed by atoms with Crippen LogP contribution in [0.15, 0.2) is 0 Å². The molecule has 2 unspecified atom stereocenters. The Morgan fingerprint density at radius 3 is 2.27 bits per heavy atom. The second-order valence-corrected chi connectivity index (χ2v) is 4.65. The fourth-order valence-corrected chi connectivity index (χ4v) is 1.77. The number of hydrogen-bond acceptors (Lipinski definition) is 2. The van der Waals surface area contributed by atoms with Gasteiger partial charge in [0.15, 0.2) is 0 Å². The van der Waals surface area contributed by atoms with E-state index in [4.69, 9.17) is 0 Å². The minimum atomic E-state index is 0.663. The third-order valence-electron chi connectivity index (χ3n) is 3.14. The quantitative estimate of drug-likeness (QED) is 0.594. The van der Waals surface area contributed by atoms with Gasteiger partial charge in [-0.3, -0.25) is 4.90 Å². The number of nitrogens with zero attached hydrogens (tertiary/aromatic N) is 1. The second-order valence-electron chi connectivity index (χ2n) is 4.65. The van der Waals surface area contributed by atoms with Crippen molar-refractivity contribution in [2.24, 2.45) is 5.92 Å². The van der Waals surface area contributed by atoms with Crippen LogP contribution >= 0.6 is 0 Å². The molecule has 0 bridgehead atoms. The summed E-state index contributed by atoms with van der Waals surface area (Å²) < 4.78 is 0. The van der Waals surface area contributed by atoms with Crippen LogP contribution in [0, 0.1) is 5.92 Å². The van der Waals surface area contributed by atoms with Crippen LogP contribution < -0.4 is 5.32 Å². The van der Waals surface area contributed by atoms with Crippen LogP contribution in [0.3, 0.4) is 0 Å². The molecule has 92 valence electrons. The van der Waals surface area contributed by atoms with Gasteiger partial charge < -0.3 is 5.32 Å². The van der Waals surface area contributed by atoms with E-state index in [9.17, 15) is 0 Å². The Bertz CT molecular complexity index is 136. The summed E-state index contributed by atoms with van der Waals surface area (Å²) >= 11 is 0. The molecule has 1 N–H and O–H groups in total. The molecular weight excluding hydrogens is 184 g/mol. The molecule has 0 aromatic carbocycles. The third kappa shape index (κ3) is 6.91. The van der Waals surface area contributed by atoms with Crippen molar-refractivity contribution in [1.82, 2.24) is 10.2 Å². The summed E-state index contributed by atoms with van der Waals surface area (Å²) in [6.07, 6.45) is 2.51. The van der Waals surface area contributed by atoms with Crippen molar-refractivity contribution in [2.75, 3.05) is 26.2 Å². The molecule has 0 saturated carbocycles. The molecule has 0 aliphatic carbocycles. The summed E-state index contributed by atoms with van der Waals surface area (Å²) in [5.41, 5.74) is 0. The first-order valence-corrected chi connectivity index (χ1v) is 6.60. The maximum absolute atomic E-state index is 3.50. The average molecular weight is 214 g/mol. The lowest BCUT2D eigenvalue weighted by Gasteiger charge is -2.30. The smallest absolute Gasteiger partial charge is 0.0192 e. The molecular formula is C13H30N2. The molecule has 0 aromatic rings. The molecule has 2 heteroatoms. The van der Waals surface area contributed by atoms with Gasteiger partial charge >= 0.3 is 0 Å². The molecule has 0 amide bonds. The van der Waals surface area contributed by atoms with Crippen molar-refractivity contribution >= 4 is 0 Å². The monoisotopic (exact) mass is 214 g/mol. The topological polar surface area (TPSA) is 15.3 Å². The molecule has 2 atom stereocenters. The zero-order valence-electron chi connectivity index (χ0n) is 11.3. The number of nitrogens with one attached hydrogen (secondary N) is 1. The summed E-state index contributed by atoms with van der Waals surface area (Å²) in [5.74, 6) is 0.818. The van der Waals surface area contributed by atoms with Crippen molar-refractivity contribution in [2.45, 2.75) is 53.5 Å². The molecule has 15 heavy (non-hydrogen) atoms. The van der Waals surface area contributed by atoms with Gasteiger partial charge in [-0.2, -0.15) is 0 Å². The standard InChI is InChI=1S/C13H30N2/c1-6-9-14-10-13(5)15(8-3)11-12(4)7-2/h12-14H,6-11H2,1-5H3. The van der Waals surface area contributed by atoms with E-state index in [1.165, 1.54) is 25.9 Å². The second kappa shape index (κ2) is 9.17. The van der Waals surface area contributed by atoms with Gasteiger partial charge in [-0.25, -0.2) is 0 Å². The molecule has 0 spiro atoms. The molecule has 0 saturated heterocycles. The van der Waals surface area contributed by atoms with Crippen LogP contribution in [0.2, 0.25) is 0 Å². The van der Waals surface area contributed by atoms with Gasteiger partial charge in [-0.15, -0.1) is 0 Å². The number of hydrogen-bond donors (Lipinski definition) is 1. The van der Waals surface area contributed by atoms with Gasteiger partial charge in [-0.1, -0.05) is 34.1 Å². The predicted molar refractivity (Wildman–Crippen MR) is 69.3 cm³/mol. The van der Waals surface area contributed by atoms with Crippen LogP contribution in [0.4, 0.5) is 0 Å². The van der Waals surface area contributed by atoms with E-state index in [0.29, 0.717) is 6.04 Å². The Hall–Kier alpha value is -0.0800. The van der Waals surface area contributed by atoms with Crippen LogP contribution in [0.5, 0.6) is 0 Å². The van der Waals surface area contributed by atoms with Crippen molar-refractivity contribution in [3.63, 3.8) is 0 Å². The Kier molecular flexibility index (Phi) is 9.12. The van der Waals surface area contributed by atoms with Gasteiger partial charge in [0, 0.05) is 19.1 Å². The normalized spacial score (nSPS) is 15.6. The number of likely N-dealkylation sites (N-methyl/N-ethyl adjacent to an activating group) is 1. The van der Waals surface area contributed by atoms with E-state index in [1.54, 1.807) is 0 Å². The van der Waals surface area contributed by atoms with Crippen LogP contribution in [-0.4, -0.2) is 37.1 Å². The molecule has 0 aliphatic heterocycles. The van der Waals surface area contributed by atoms with Gasteiger partial charge in [-0.05, 0) is 32.4 Å². The van der Waals surface area contributed by atoms with E-state index in [1.807, 2.05) is 0 Å². The van der Waals surface area contributed by atoms with Crippen molar-refractivity contribution < 1.29 is 0 Å². The molecule has 0 aromatic heterocycles. The Morgan fingerprint density at radius 1 is 1.13 bits per heavy atom. The zero-order chi connectivity index (χ0) is 11.7. The van der Waals surface area contributed by atoms with Crippen molar-refractivity contribution in [3.8, 4) is 0 Å². The highest BCUT2D eigenvalue weighted by Gasteiger charge is 2.13. The Labute approximate surface area is 96.4 Å². The summed E-state index contributed by atoms with van der Waals surface area (Å²) in [6.45, 7) is 16.1. The summed E-state index contributed by atoms with van der Waals surface area (Å²) in [5, 5.41) is 3.50. The van der Waals surface area contributed by atoms with Gasteiger partial charge in [0.05, 0.1) is 0 Å². The average Bonchev–Trinajstić information content (AvgIpc) is 2.25. The minimum absolute atomic E-state index is 0.663. The predicted octanol–water partition coefficient (Wildman–Crippen LogP) is 2.74. The maximum atomic E-state index is 3.50. The number of rotatable bonds is 9. The van der Waals surface area contributed by atoms with E-state index >= 15 is 0 Å². The van der Waals surface area contributed by atoms with Crippen LogP contribution in [0.1, 0.15) is 47.5 Å². The van der Waals surface area contributed by atoms with E-state index in [0.717, 1.165) is 19.0 Å². The van der Waals surface area contributed by atoms with Crippen molar-refractivity contribution in [3.05, 3.63) is 0 Å². The van der Waals surface area contributed by atoms with Crippen molar-refractivity contribution in [1.29, 1.82) is 0 Å². The van der Waals surface area contributed by atoms with E-state index < -0.39 is 0 Å². The Balaban J connectivity index is 3.82. The van der Waals surface area contributed by atoms with Crippen LogP contribution in [0.25, 0.3) is 0 Å². The Morgan fingerprint density at radius 2 is 1.80 bits per heavy atom. The first-order chi connectivity index (χ1) is 7.15. The highest BCUT2D eigenvalue weighted by atomic mass is 15.2. The SMILES string of the molecule is CCCNCC(C)N(CC)CC(C)CC. The van der Waals surface area contributed by atoms with Gasteiger partial charge in [0.2, 0.25) is 0 Å². The molecule has 0 aliphatic rings. The molecule has 0 radical (unpaired) electrons. The lowest BCUT2D eigenvalue weighted by molar-refractivity contribution is 0.185. The maximum Gasteiger partial charge on any atom is 0.0192 e. The largest absolute Gasteiger partial charge is 0.315 e. The molecule has 0 fully saturated rings. The fourth-order valence-electron chi connectivity index (χ4n) is 1.77. The first kappa shape index (κ1) is 14.9. The highest BCUT2D eigenvalue weighted by molar-refractivity contribution is 4.70. The zero-order valence-corrected chi connectivity index (χ0v) is 11.3. The molecule has 0 rings (SSSR count). The summed E-state index contributed by atoms with van der Waals surface area (Å²) in [6, 6.07) is 0.663. The molecule has 0 heterocycles. The van der Waals surface area contributed by atoms with Gasteiger partial charge in [0.25, 0.3) is 0 Å². The lowest BCUT2D eigenvalue weighted by atomic mass is 10.1. The van der Waals surface area contributed by atoms with E-state index in [-0.39, 0.29) is 0 Å². The molecule has 2 nitrogen and oxygen atoms in total. The van der Waals surface area contributed by atoms with Crippen LogP contribution in [-0.2, 0) is 0 Å². The van der Waals surface area contributed by atoms with E-state index in [2.05, 4.69) is 44.8 Å². The summed E-state index contributed by atoms with van der Waals surface area (Å²) in [4.78, 5) is 2.58. The van der Waals surface area contributed by atoms with Gasteiger partial charge in [0.1, 0.15) is 0 Å². The third-order valence-corrected chi connectivity index (χ3v) is 3.14. The summed E-state index contributed by atoms with van der Waals surface area (Å²) in [7, 11) is 0. The highest BCUT2D eigenvalue weighted by Crippen LogP contribution is 2.07. The first-order valence-electron chi connectivity index (χ1n) is 6.60. The fraction of sp³-hybridized carbons (Fsp3) is 1.00.